The van der Waals surface area contributed by atoms with Crippen molar-refractivity contribution >= 4 is 28.4 Å². The second-order valence-corrected chi connectivity index (χ2v) is 10.3. The molecule has 0 unspecified atom stereocenters. The summed E-state index contributed by atoms with van der Waals surface area (Å²) in [6.07, 6.45) is 8.10. The number of anilines is 3. The lowest BCUT2D eigenvalue weighted by molar-refractivity contribution is 0.0115. The number of ether oxygens (including phenoxy) is 1. The first-order valence-corrected chi connectivity index (χ1v) is 13.5. The van der Waals surface area contributed by atoms with Crippen molar-refractivity contribution in [2.75, 3.05) is 49.6 Å². The van der Waals surface area contributed by atoms with E-state index < -0.39 is 0 Å². The van der Waals surface area contributed by atoms with Crippen molar-refractivity contribution in [1.82, 2.24) is 19.4 Å². The fourth-order valence-corrected chi connectivity index (χ4v) is 6.08. The molecular weight excluding hydrogens is 466 g/mol. The molecule has 3 fully saturated rings. The Balaban J connectivity index is 1.17. The van der Waals surface area contributed by atoms with Gasteiger partial charge in [0.05, 0.1) is 13.2 Å². The van der Waals surface area contributed by atoms with Crippen LogP contribution in [0.3, 0.4) is 0 Å². The second kappa shape index (κ2) is 10.5. The number of nitrogens with zero attached hydrogens (tertiary/aromatic N) is 6. The molecule has 3 aromatic rings. The van der Waals surface area contributed by atoms with E-state index in [2.05, 4.69) is 44.4 Å². The predicted octanol–water partition coefficient (Wildman–Crippen LogP) is 3.82. The lowest BCUT2D eigenvalue weighted by Crippen LogP contribution is -2.49. The summed E-state index contributed by atoms with van der Waals surface area (Å²) in [5, 5.41) is 13.5. The van der Waals surface area contributed by atoms with E-state index >= 15 is 0 Å². The summed E-state index contributed by atoms with van der Waals surface area (Å²) in [5.41, 5.74) is 2.61. The average molecular weight is 500 g/mol. The Morgan fingerprint density at radius 1 is 0.973 bits per heavy atom. The summed E-state index contributed by atoms with van der Waals surface area (Å²) in [5.74, 6) is 0.447. The zero-order valence-electron chi connectivity index (χ0n) is 21.1. The summed E-state index contributed by atoms with van der Waals surface area (Å²) >= 11 is 0. The third kappa shape index (κ3) is 4.91. The van der Waals surface area contributed by atoms with Crippen LogP contribution < -0.4 is 15.8 Å². The van der Waals surface area contributed by atoms with Crippen LogP contribution in [0.1, 0.15) is 50.1 Å². The number of hydrogen-bond acceptors (Lipinski definition) is 8. The minimum Gasteiger partial charge on any atom is -0.379 e. The van der Waals surface area contributed by atoms with E-state index in [-0.39, 0.29) is 17.2 Å². The number of hydrogen-bond donors (Lipinski definition) is 1. The highest BCUT2D eigenvalue weighted by molar-refractivity contribution is 5.77. The third-order valence-corrected chi connectivity index (χ3v) is 8.10. The lowest BCUT2D eigenvalue weighted by Gasteiger charge is -2.40. The van der Waals surface area contributed by atoms with Crippen molar-refractivity contribution in [3.63, 3.8) is 0 Å². The van der Waals surface area contributed by atoms with Gasteiger partial charge in [-0.1, -0.05) is 12.8 Å². The summed E-state index contributed by atoms with van der Waals surface area (Å²) < 4.78 is 7.23. The van der Waals surface area contributed by atoms with Gasteiger partial charge in [0.25, 0.3) is 5.56 Å². The Morgan fingerprint density at radius 2 is 1.70 bits per heavy atom. The molecule has 0 spiro atoms. The average Bonchev–Trinajstić information content (AvgIpc) is 3.48. The van der Waals surface area contributed by atoms with Crippen molar-refractivity contribution in [2.24, 2.45) is 0 Å². The Kier molecular flexibility index (Phi) is 6.77. The van der Waals surface area contributed by atoms with Crippen LogP contribution in [0, 0.1) is 11.3 Å². The quantitative estimate of drug-likeness (QED) is 0.566. The minimum atomic E-state index is -0.256. The molecule has 6 rings (SSSR count). The molecule has 0 amide bonds. The summed E-state index contributed by atoms with van der Waals surface area (Å²) in [7, 11) is 0. The van der Waals surface area contributed by atoms with E-state index in [9.17, 15) is 10.1 Å². The van der Waals surface area contributed by atoms with Gasteiger partial charge in [-0.25, -0.2) is 4.98 Å². The number of fused-ring (bicyclic) bond motifs is 1. The second-order valence-electron chi connectivity index (χ2n) is 10.3. The van der Waals surface area contributed by atoms with E-state index in [0.29, 0.717) is 23.0 Å². The van der Waals surface area contributed by atoms with Gasteiger partial charge >= 0.3 is 0 Å². The molecule has 9 heteroatoms. The molecule has 0 radical (unpaired) electrons. The van der Waals surface area contributed by atoms with Gasteiger partial charge in [0.15, 0.2) is 0 Å². The SMILES string of the molecule is N#Cc1cc2cnc(Nc3ccc(N4CCC(N5CCOCC5)CC4)cc3)nc2n(C2CCCC2)c1=O. The number of piperidine rings is 1. The third-order valence-electron chi connectivity index (χ3n) is 8.10. The molecule has 37 heavy (non-hydrogen) atoms. The van der Waals surface area contributed by atoms with Crippen molar-refractivity contribution in [2.45, 2.75) is 50.6 Å². The Bertz CT molecular complexity index is 1340. The van der Waals surface area contributed by atoms with Crippen LogP contribution in [0.2, 0.25) is 0 Å². The fourth-order valence-electron chi connectivity index (χ4n) is 6.08. The Morgan fingerprint density at radius 3 is 2.41 bits per heavy atom. The van der Waals surface area contributed by atoms with Crippen LogP contribution in [-0.2, 0) is 4.74 Å². The van der Waals surface area contributed by atoms with Crippen LogP contribution in [0.25, 0.3) is 11.0 Å². The molecule has 1 aliphatic carbocycles. The Labute approximate surface area is 216 Å². The predicted molar refractivity (Wildman–Crippen MR) is 143 cm³/mol. The first-order chi connectivity index (χ1) is 18.2. The number of benzene rings is 1. The monoisotopic (exact) mass is 499 g/mol. The fraction of sp³-hybridized carbons (Fsp3) is 0.500. The highest BCUT2D eigenvalue weighted by Crippen LogP contribution is 2.31. The zero-order valence-corrected chi connectivity index (χ0v) is 21.1. The first-order valence-electron chi connectivity index (χ1n) is 13.5. The van der Waals surface area contributed by atoms with Gasteiger partial charge in [0.2, 0.25) is 5.95 Å². The Hall–Kier alpha value is -3.48. The molecule has 4 heterocycles. The molecule has 3 aliphatic rings. The molecule has 2 aliphatic heterocycles. The smallest absolute Gasteiger partial charge is 0.270 e. The molecule has 2 saturated heterocycles. The number of nitriles is 1. The summed E-state index contributed by atoms with van der Waals surface area (Å²) in [4.78, 5) is 27.3. The van der Waals surface area contributed by atoms with Gasteiger partial charge in [-0.3, -0.25) is 14.3 Å². The molecule has 2 aromatic heterocycles. The summed E-state index contributed by atoms with van der Waals surface area (Å²) in [6, 6.07) is 12.8. The number of aromatic nitrogens is 3. The van der Waals surface area contributed by atoms with Gasteiger partial charge in [-0.2, -0.15) is 10.2 Å². The topological polar surface area (TPSA) is 99.3 Å². The molecule has 9 nitrogen and oxygen atoms in total. The van der Waals surface area contributed by atoms with Crippen molar-refractivity contribution in [3.8, 4) is 6.07 Å². The van der Waals surface area contributed by atoms with Crippen LogP contribution >= 0.6 is 0 Å². The minimum absolute atomic E-state index is 0.0812. The largest absolute Gasteiger partial charge is 0.379 e. The van der Waals surface area contributed by atoms with Gasteiger partial charge in [-0.05, 0) is 56.0 Å². The van der Waals surface area contributed by atoms with E-state index in [0.717, 1.165) is 70.8 Å². The van der Waals surface area contributed by atoms with Crippen LogP contribution in [0.5, 0.6) is 0 Å². The number of nitrogens with one attached hydrogen (secondary N) is 1. The van der Waals surface area contributed by atoms with Crippen LogP contribution in [0.15, 0.2) is 41.3 Å². The maximum atomic E-state index is 13.0. The van der Waals surface area contributed by atoms with Crippen molar-refractivity contribution in [1.29, 1.82) is 5.26 Å². The molecule has 0 atom stereocenters. The zero-order chi connectivity index (χ0) is 25.2. The van der Waals surface area contributed by atoms with E-state index in [4.69, 9.17) is 9.72 Å². The van der Waals surface area contributed by atoms with Crippen molar-refractivity contribution < 1.29 is 4.74 Å². The van der Waals surface area contributed by atoms with Crippen LogP contribution in [-0.4, -0.2) is 64.9 Å². The highest BCUT2D eigenvalue weighted by Gasteiger charge is 2.26. The van der Waals surface area contributed by atoms with Gasteiger partial charge in [-0.15, -0.1) is 0 Å². The maximum Gasteiger partial charge on any atom is 0.270 e. The molecule has 1 aromatic carbocycles. The normalized spacial score (nSPS) is 19.8. The van der Waals surface area contributed by atoms with E-state index in [1.165, 1.54) is 18.5 Å². The van der Waals surface area contributed by atoms with Gasteiger partial charge in [0.1, 0.15) is 17.3 Å². The van der Waals surface area contributed by atoms with E-state index in [1.807, 2.05) is 6.07 Å². The molecule has 192 valence electrons. The standard InChI is InChI=1S/C28H33N7O2/c29-18-20-17-21-19-30-28(32-26(21)35(27(20)36)25-3-1-2-4-25)31-22-5-7-23(8-6-22)33-11-9-24(10-12-33)34-13-15-37-16-14-34/h5-8,17,19,24-25H,1-4,9-16H2,(H,30,31,32). The van der Waals surface area contributed by atoms with Gasteiger partial charge < -0.3 is 15.0 Å². The highest BCUT2D eigenvalue weighted by atomic mass is 16.5. The van der Waals surface area contributed by atoms with Crippen molar-refractivity contribution in [3.05, 3.63) is 52.4 Å². The number of rotatable bonds is 5. The lowest BCUT2D eigenvalue weighted by atomic mass is 10.0. The first kappa shape index (κ1) is 23.9. The molecule has 1 N–H and O–H groups in total. The molecular formula is C28H33N7O2. The van der Waals surface area contributed by atoms with Gasteiger partial charge in [0, 0.05) is 61.2 Å². The number of morpholine rings is 1. The number of pyridine rings is 1. The van der Waals surface area contributed by atoms with Crippen LogP contribution in [0.4, 0.5) is 17.3 Å². The summed E-state index contributed by atoms with van der Waals surface area (Å²) in [6.45, 7) is 5.94. The molecule has 0 bridgehead atoms. The molecule has 1 saturated carbocycles. The maximum absolute atomic E-state index is 13.0. The van der Waals surface area contributed by atoms with E-state index in [1.54, 1.807) is 16.8 Å².